The van der Waals surface area contributed by atoms with Gasteiger partial charge >= 0.3 is 0 Å². The van der Waals surface area contributed by atoms with Crippen LogP contribution in [0.3, 0.4) is 0 Å². The van der Waals surface area contributed by atoms with E-state index >= 15 is 0 Å². The molecule has 1 aliphatic carbocycles. The van der Waals surface area contributed by atoms with Gasteiger partial charge in [-0.25, -0.2) is 4.98 Å². The molecule has 1 fully saturated rings. The molecule has 2 aromatic rings. The summed E-state index contributed by atoms with van der Waals surface area (Å²) in [7, 11) is 0. The van der Waals surface area contributed by atoms with Crippen LogP contribution in [0.2, 0.25) is 0 Å². The second kappa shape index (κ2) is 5.53. The zero-order valence-corrected chi connectivity index (χ0v) is 11.8. The molecule has 4 heteroatoms. The molecule has 3 nitrogen and oxygen atoms in total. The van der Waals surface area contributed by atoms with E-state index in [9.17, 15) is 0 Å². The molecule has 0 radical (unpaired) electrons. The first-order valence-corrected chi connectivity index (χ1v) is 7.53. The van der Waals surface area contributed by atoms with Crippen molar-refractivity contribution in [1.29, 1.82) is 0 Å². The van der Waals surface area contributed by atoms with E-state index < -0.39 is 0 Å². The van der Waals surface area contributed by atoms with Gasteiger partial charge in [0.25, 0.3) is 0 Å². The maximum atomic E-state index is 4.57. The molecule has 1 aromatic carbocycles. The fraction of sp³-hybridized carbons (Fsp3) is 0.333. The lowest BCUT2D eigenvalue weighted by Crippen LogP contribution is -1.95. The van der Waals surface area contributed by atoms with Crippen molar-refractivity contribution in [2.45, 2.75) is 32.6 Å². The van der Waals surface area contributed by atoms with Gasteiger partial charge in [-0.3, -0.25) is 5.43 Å². The molecule has 0 aliphatic heterocycles. The van der Waals surface area contributed by atoms with Gasteiger partial charge in [0.2, 0.25) is 5.13 Å². The number of anilines is 1. The minimum absolute atomic E-state index is 0.870. The summed E-state index contributed by atoms with van der Waals surface area (Å²) in [5.74, 6) is 0. The fourth-order valence-corrected chi connectivity index (χ4v) is 2.87. The van der Waals surface area contributed by atoms with Gasteiger partial charge in [0.05, 0.1) is 5.69 Å². The van der Waals surface area contributed by atoms with Gasteiger partial charge < -0.3 is 0 Å². The molecule has 0 bridgehead atoms. The molecule has 0 saturated heterocycles. The Morgan fingerprint density at radius 3 is 2.63 bits per heavy atom. The van der Waals surface area contributed by atoms with Crippen molar-refractivity contribution in [2.24, 2.45) is 5.10 Å². The van der Waals surface area contributed by atoms with E-state index in [1.807, 2.05) is 0 Å². The number of hydrogen-bond acceptors (Lipinski definition) is 4. The Bertz CT molecular complexity index is 576. The highest BCUT2D eigenvalue weighted by atomic mass is 32.1. The van der Waals surface area contributed by atoms with Crippen LogP contribution < -0.4 is 5.43 Å². The van der Waals surface area contributed by atoms with Crippen molar-refractivity contribution in [3.63, 3.8) is 0 Å². The van der Waals surface area contributed by atoms with E-state index in [4.69, 9.17) is 0 Å². The van der Waals surface area contributed by atoms with Gasteiger partial charge in [-0.2, -0.15) is 5.10 Å². The molecule has 1 saturated carbocycles. The van der Waals surface area contributed by atoms with E-state index in [-0.39, 0.29) is 0 Å². The minimum Gasteiger partial charge on any atom is -0.253 e. The molecule has 3 rings (SSSR count). The first-order chi connectivity index (χ1) is 9.31. The number of benzene rings is 1. The van der Waals surface area contributed by atoms with Gasteiger partial charge in [-0.05, 0) is 32.6 Å². The molecule has 1 N–H and O–H groups in total. The average molecular weight is 271 g/mol. The minimum atomic E-state index is 0.870. The summed E-state index contributed by atoms with van der Waals surface area (Å²) in [6.45, 7) is 2.09. The number of hydrazone groups is 1. The van der Waals surface area contributed by atoms with Gasteiger partial charge in [0, 0.05) is 16.7 Å². The second-order valence-corrected chi connectivity index (χ2v) is 5.76. The average Bonchev–Trinajstić information content (AvgIpc) is 3.09. The molecule has 0 unspecified atom stereocenters. The number of aromatic nitrogens is 1. The summed E-state index contributed by atoms with van der Waals surface area (Å²) < 4.78 is 0. The van der Waals surface area contributed by atoms with Gasteiger partial charge in [0.1, 0.15) is 0 Å². The van der Waals surface area contributed by atoms with Crippen molar-refractivity contribution in [3.8, 4) is 11.3 Å². The summed E-state index contributed by atoms with van der Waals surface area (Å²) in [4.78, 5) is 4.57. The van der Waals surface area contributed by atoms with Crippen molar-refractivity contribution < 1.29 is 0 Å². The Labute approximate surface area is 117 Å². The third kappa shape index (κ3) is 3.01. The molecule has 0 amide bonds. The number of hydrogen-bond donors (Lipinski definition) is 1. The standard InChI is InChI=1S/C15H17N3S/c1-11-6-8-12(9-7-11)14-10-19-15(16-14)18-17-13-4-2-3-5-13/h6-10H,2-5H2,1H3,(H,16,18). The van der Waals surface area contributed by atoms with Crippen LogP contribution in [0.25, 0.3) is 11.3 Å². The highest BCUT2D eigenvalue weighted by Gasteiger charge is 2.08. The van der Waals surface area contributed by atoms with Crippen LogP contribution in [0.15, 0.2) is 34.7 Å². The Kier molecular flexibility index (Phi) is 3.60. The first kappa shape index (κ1) is 12.4. The summed E-state index contributed by atoms with van der Waals surface area (Å²) in [5.41, 5.74) is 7.79. The van der Waals surface area contributed by atoms with Crippen LogP contribution in [0.1, 0.15) is 31.2 Å². The van der Waals surface area contributed by atoms with Gasteiger partial charge in [0.15, 0.2) is 0 Å². The van der Waals surface area contributed by atoms with Crippen LogP contribution in [0.4, 0.5) is 5.13 Å². The molecular formula is C15H17N3S. The Hall–Kier alpha value is -1.68. The van der Waals surface area contributed by atoms with E-state index in [0.29, 0.717) is 0 Å². The number of rotatable bonds is 3. The Balaban J connectivity index is 1.72. The lowest BCUT2D eigenvalue weighted by Gasteiger charge is -1.98. The zero-order chi connectivity index (χ0) is 13.1. The van der Waals surface area contributed by atoms with E-state index in [1.54, 1.807) is 11.3 Å². The Morgan fingerprint density at radius 1 is 1.16 bits per heavy atom. The third-order valence-electron chi connectivity index (χ3n) is 3.34. The van der Waals surface area contributed by atoms with Crippen LogP contribution in [0.5, 0.6) is 0 Å². The molecule has 98 valence electrons. The molecule has 19 heavy (non-hydrogen) atoms. The lowest BCUT2D eigenvalue weighted by atomic mass is 10.1. The molecule has 0 spiro atoms. The van der Waals surface area contributed by atoms with Crippen molar-refractivity contribution >= 4 is 22.2 Å². The predicted octanol–water partition coefficient (Wildman–Crippen LogP) is 4.46. The highest BCUT2D eigenvalue weighted by Crippen LogP contribution is 2.25. The smallest absolute Gasteiger partial charge is 0.203 e. The van der Waals surface area contributed by atoms with Crippen LogP contribution >= 0.6 is 11.3 Å². The zero-order valence-electron chi connectivity index (χ0n) is 11.0. The fourth-order valence-electron chi connectivity index (χ4n) is 2.20. The molecule has 1 heterocycles. The number of thiazole rings is 1. The number of aryl methyl sites for hydroxylation is 1. The van der Waals surface area contributed by atoms with Crippen LogP contribution in [-0.4, -0.2) is 10.7 Å². The quantitative estimate of drug-likeness (QED) is 0.837. The molecule has 1 aromatic heterocycles. The second-order valence-electron chi connectivity index (χ2n) is 4.90. The largest absolute Gasteiger partial charge is 0.253 e. The van der Waals surface area contributed by atoms with Crippen molar-refractivity contribution in [1.82, 2.24) is 4.98 Å². The van der Waals surface area contributed by atoms with Gasteiger partial charge in [-0.15, -0.1) is 11.3 Å². The maximum Gasteiger partial charge on any atom is 0.203 e. The third-order valence-corrected chi connectivity index (χ3v) is 4.09. The predicted molar refractivity (Wildman–Crippen MR) is 81.8 cm³/mol. The van der Waals surface area contributed by atoms with E-state index in [0.717, 1.165) is 29.2 Å². The van der Waals surface area contributed by atoms with Crippen molar-refractivity contribution in [3.05, 3.63) is 35.2 Å². The Morgan fingerprint density at radius 2 is 1.89 bits per heavy atom. The van der Waals surface area contributed by atoms with Crippen molar-refractivity contribution in [2.75, 3.05) is 5.43 Å². The maximum absolute atomic E-state index is 4.57. The number of nitrogens with one attached hydrogen (secondary N) is 1. The van der Waals surface area contributed by atoms with Gasteiger partial charge in [-0.1, -0.05) is 29.8 Å². The molecule has 1 aliphatic rings. The first-order valence-electron chi connectivity index (χ1n) is 6.65. The molecule has 0 atom stereocenters. The lowest BCUT2D eigenvalue weighted by molar-refractivity contribution is 0.886. The molecular weight excluding hydrogens is 254 g/mol. The normalized spacial score (nSPS) is 14.7. The van der Waals surface area contributed by atoms with E-state index in [1.165, 1.54) is 24.1 Å². The SMILES string of the molecule is Cc1ccc(-c2csc(NN=C3CCCC3)n2)cc1. The summed E-state index contributed by atoms with van der Waals surface area (Å²) >= 11 is 1.60. The van der Waals surface area contributed by atoms with Crippen LogP contribution in [0, 0.1) is 6.92 Å². The topological polar surface area (TPSA) is 37.3 Å². The summed E-state index contributed by atoms with van der Waals surface area (Å²) in [6.07, 6.45) is 4.80. The van der Waals surface area contributed by atoms with Crippen LogP contribution in [-0.2, 0) is 0 Å². The summed E-state index contributed by atoms with van der Waals surface area (Å²) in [6, 6.07) is 8.44. The monoisotopic (exact) mass is 271 g/mol. The number of nitrogens with zero attached hydrogens (tertiary/aromatic N) is 2. The highest BCUT2D eigenvalue weighted by molar-refractivity contribution is 7.14. The summed E-state index contributed by atoms with van der Waals surface area (Å²) in [5, 5.41) is 7.37. The van der Waals surface area contributed by atoms with E-state index in [2.05, 4.69) is 52.1 Å².